The molecule has 15 heavy (non-hydrogen) atoms. The van der Waals surface area contributed by atoms with Crippen LogP contribution in [0.3, 0.4) is 0 Å². The maximum Gasteiger partial charge on any atom is 0.186 e. The third kappa shape index (κ3) is 3.12. The first-order chi connectivity index (χ1) is 7.07. The van der Waals surface area contributed by atoms with Crippen molar-refractivity contribution in [2.75, 3.05) is 6.61 Å². The number of ether oxygens (including phenoxy) is 2. The fourth-order valence-electron chi connectivity index (χ4n) is 1.49. The monoisotopic (exact) mass is 220 g/mol. The van der Waals surface area contributed by atoms with E-state index >= 15 is 0 Å². The molecular weight excluding hydrogens is 200 g/mol. The summed E-state index contributed by atoms with van der Waals surface area (Å²) in [5, 5.41) is 28.5. The first kappa shape index (κ1) is 12.9. The molecule has 0 radical (unpaired) electrons. The maximum absolute atomic E-state index is 9.56. The molecule has 1 aliphatic rings. The van der Waals surface area contributed by atoms with E-state index in [0.717, 1.165) is 12.8 Å². The van der Waals surface area contributed by atoms with Gasteiger partial charge in [0.2, 0.25) is 0 Å². The summed E-state index contributed by atoms with van der Waals surface area (Å²) in [7, 11) is 0. The van der Waals surface area contributed by atoms with Gasteiger partial charge in [0, 0.05) is 6.61 Å². The fraction of sp³-hybridized carbons (Fsp3) is 1.00. The van der Waals surface area contributed by atoms with Crippen LogP contribution >= 0.6 is 0 Å². The summed E-state index contributed by atoms with van der Waals surface area (Å²) < 4.78 is 10.5. The van der Waals surface area contributed by atoms with Gasteiger partial charge in [-0.25, -0.2) is 0 Å². The van der Waals surface area contributed by atoms with Gasteiger partial charge >= 0.3 is 0 Å². The fourth-order valence-corrected chi connectivity index (χ4v) is 1.49. The Morgan fingerprint density at radius 2 is 1.80 bits per heavy atom. The summed E-state index contributed by atoms with van der Waals surface area (Å²) in [5.41, 5.74) is 0. The molecule has 90 valence electrons. The number of rotatable bonds is 4. The Hall–Kier alpha value is -0.200. The molecular formula is C10H20O5. The zero-order chi connectivity index (χ0) is 11.4. The number of hydrogen-bond acceptors (Lipinski definition) is 5. The molecule has 1 saturated heterocycles. The maximum atomic E-state index is 9.56. The van der Waals surface area contributed by atoms with E-state index in [0.29, 0.717) is 6.61 Å². The third-order valence-electron chi connectivity index (χ3n) is 2.59. The van der Waals surface area contributed by atoms with E-state index in [-0.39, 0.29) is 0 Å². The topological polar surface area (TPSA) is 79.2 Å². The number of aliphatic hydroxyl groups excluding tert-OH is 3. The van der Waals surface area contributed by atoms with Crippen LogP contribution in [-0.4, -0.2) is 52.6 Å². The van der Waals surface area contributed by atoms with Gasteiger partial charge in [-0.05, 0) is 13.3 Å². The molecule has 5 heteroatoms. The molecule has 0 aromatic heterocycles. The standard InChI is InChI=1S/C10H20O5/c1-3-4-5-14-10-9(13)8(12)7(11)6(2)15-10/h6-13H,3-5H2,1-2H3/t6-,7-,8+,9-,10+/m1/s1. The molecule has 0 aromatic carbocycles. The predicted molar refractivity (Wildman–Crippen MR) is 53.2 cm³/mol. The molecule has 1 heterocycles. The highest BCUT2D eigenvalue weighted by molar-refractivity contribution is 4.87. The summed E-state index contributed by atoms with van der Waals surface area (Å²) in [6.45, 7) is 4.15. The molecule has 0 amide bonds. The van der Waals surface area contributed by atoms with Crippen LogP contribution in [0.5, 0.6) is 0 Å². The van der Waals surface area contributed by atoms with Crippen LogP contribution in [0.4, 0.5) is 0 Å². The number of unbranched alkanes of at least 4 members (excludes halogenated alkanes) is 1. The van der Waals surface area contributed by atoms with E-state index in [4.69, 9.17) is 9.47 Å². The van der Waals surface area contributed by atoms with Crippen LogP contribution in [0.2, 0.25) is 0 Å². The van der Waals surface area contributed by atoms with E-state index in [1.165, 1.54) is 0 Å². The molecule has 5 atom stereocenters. The van der Waals surface area contributed by atoms with Gasteiger partial charge in [-0.3, -0.25) is 0 Å². The van der Waals surface area contributed by atoms with Gasteiger partial charge in [0.25, 0.3) is 0 Å². The lowest BCUT2D eigenvalue weighted by atomic mass is 10.0. The molecule has 3 N–H and O–H groups in total. The second kappa shape index (κ2) is 5.77. The predicted octanol–water partition coefficient (Wildman–Crippen LogP) is -0.369. The van der Waals surface area contributed by atoms with Gasteiger partial charge in [-0.1, -0.05) is 13.3 Å². The van der Waals surface area contributed by atoms with E-state index < -0.39 is 30.7 Å². The molecule has 1 aliphatic heterocycles. The van der Waals surface area contributed by atoms with Gasteiger partial charge in [-0.2, -0.15) is 0 Å². The highest BCUT2D eigenvalue weighted by Crippen LogP contribution is 2.21. The Kier molecular flexibility index (Phi) is 4.95. The second-order valence-corrected chi connectivity index (χ2v) is 3.91. The number of hydrogen-bond donors (Lipinski definition) is 3. The Bertz CT molecular complexity index is 187. The van der Waals surface area contributed by atoms with Crippen molar-refractivity contribution in [3.8, 4) is 0 Å². The smallest absolute Gasteiger partial charge is 0.186 e. The summed E-state index contributed by atoms with van der Waals surface area (Å²) in [6.07, 6.45) is -2.97. The number of aliphatic hydroxyl groups is 3. The van der Waals surface area contributed by atoms with Crippen molar-refractivity contribution in [2.24, 2.45) is 0 Å². The van der Waals surface area contributed by atoms with Crippen molar-refractivity contribution in [3.63, 3.8) is 0 Å². The lowest BCUT2D eigenvalue weighted by Gasteiger charge is -2.38. The lowest BCUT2D eigenvalue weighted by Crippen LogP contribution is -2.57. The second-order valence-electron chi connectivity index (χ2n) is 3.91. The quantitative estimate of drug-likeness (QED) is 0.563. The van der Waals surface area contributed by atoms with Crippen molar-refractivity contribution in [3.05, 3.63) is 0 Å². The largest absolute Gasteiger partial charge is 0.388 e. The summed E-state index contributed by atoms with van der Waals surface area (Å²) >= 11 is 0. The molecule has 0 aromatic rings. The molecule has 1 rings (SSSR count). The highest BCUT2D eigenvalue weighted by Gasteiger charge is 2.42. The lowest BCUT2D eigenvalue weighted by molar-refractivity contribution is -0.293. The van der Waals surface area contributed by atoms with Gasteiger partial charge in [0.1, 0.15) is 18.3 Å². The van der Waals surface area contributed by atoms with Crippen molar-refractivity contribution in [2.45, 2.75) is 57.4 Å². The Morgan fingerprint density at radius 3 is 2.40 bits per heavy atom. The first-order valence-electron chi connectivity index (χ1n) is 5.39. The first-order valence-corrected chi connectivity index (χ1v) is 5.39. The van der Waals surface area contributed by atoms with Crippen LogP contribution in [-0.2, 0) is 9.47 Å². The van der Waals surface area contributed by atoms with Gasteiger partial charge < -0.3 is 24.8 Å². The van der Waals surface area contributed by atoms with Crippen LogP contribution in [0.15, 0.2) is 0 Å². The summed E-state index contributed by atoms with van der Waals surface area (Å²) in [4.78, 5) is 0. The van der Waals surface area contributed by atoms with E-state index in [1.54, 1.807) is 6.92 Å². The van der Waals surface area contributed by atoms with Crippen molar-refractivity contribution < 1.29 is 24.8 Å². The van der Waals surface area contributed by atoms with Crippen molar-refractivity contribution >= 4 is 0 Å². The average molecular weight is 220 g/mol. The minimum Gasteiger partial charge on any atom is -0.388 e. The zero-order valence-corrected chi connectivity index (χ0v) is 9.17. The summed E-state index contributed by atoms with van der Waals surface area (Å²) in [5.74, 6) is 0. The van der Waals surface area contributed by atoms with Gasteiger partial charge in [-0.15, -0.1) is 0 Å². The van der Waals surface area contributed by atoms with E-state index in [2.05, 4.69) is 0 Å². The SMILES string of the molecule is CCCCO[C@H]1O[C@H](C)[C@@H](O)[C@H](O)[C@H]1O. The van der Waals surface area contributed by atoms with Crippen molar-refractivity contribution in [1.29, 1.82) is 0 Å². The normalized spacial score (nSPS) is 41.8. The van der Waals surface area contributed by atoms with E-state index in [1.807, 2.05) is 6.92 Å². The highest BCUT2D eigenvalue weighted by atomic mass is 16.7. The molecule has 1 fully saturated rings. The average Bonchev–Trinajstić information content (AvgIpc) is 2.23. The van der Waals surface area contributed by atoms with Gasteiger partial charge in [0.05, 0.1) is 6.10 Å². The van der Waals surface area contributed by atoms with E-state index in [9.17, 15) is 15.3 Å². The third-order valence-corrected chi connectivity index (χ3v) is 2.59. The molecule has 0 unspecified atom stereocenters. The minimum atomic E-state index is -1.21. The van der Waals surface area contributed by atoms with Crippen LogP contribution < -0.4 is 0 Å². The molecule has 0 bridgehead atoms. The summed E-state index contributed by atoms with van der Waals surface area (Å²) in [6, 6.07) is 0. The molecule has 0 spiro atoms. The Morgan fingerprint density at radius 1 is 1.13 bits per heavy atom. The van der Waals surface area contributed by atoms with Crippen LogP contribution in [0.1, 0.15) is 26.7 Å². The minimum absolute atomic E-state index is 0.480. The van der Waals surface area contributed by atoms with Crippen molar-refractivity contribution in [1.82, 2.24) is 0 Å². The molecule has 0 aliphatic carbocycles. The zero-order valence-electron chi connectivity index (χ0n) is 9.17. The molecule has 0 saturated carbocycles. The Labute approximate surface area is 89.6 Å². The van der Waals surface area contributed by atoms with Gasteiger partial charge in [0.15, 0.2) is 6.29 Å². The van der Waals surface area contributed by atoms with Crippen LogP contribution in [0, 0.1) is 0 Å². The van der Waals surface area contributed by atoms with Crippen LogP contribution in [0.25, 0.3) is 0 Å². The molecule has 5 nitrogen and oxygen atoms in total. The Balaban J connectivity index is 2.43.